The van der Waals surface area contributed by atoms with Gasteiger partial charge in [0.05, 0.1) is 25.1 Å². The Morgan fingerprint density at radius 3 is 1.97 bits per heavy atom. The van der Waals surface area contributed by atoms with E-state index in [9.17, 15) is 0 Å². The summed E-state index contributed by atoms with van der Waals surface area (Å²) in [7, 11) is -3.73. The number of hydrogen-bond acceptors (Lipinski definition) is 4. The Morgan fingerprint density at radius 2 is 1.44 bits per heavy atom. The lowest BCUT2D eigenvalue weighted by Gasteiger charge is -2.48. The Hall–Kier alpha value is -0.146. The van der Waals surface area contributed by atoms with Crippen LogP contribution in [-0.4, -0.2) is 41.7 Å². The maximum Gasteiger partial charge on any atom is 0.250 e. The first kappa shape index (κ1) is 28.4. The molecule has 0 radical (unpaired) electrons. The van der Waals surface area contributed by atoms with E-state index in [4.69, 9.17) is 18.3 Å². The second kappa shape index (κ2) is 9.31. The molecule has 0 bridgehead atoms. The number of rotatable bonds is 7. The molecule has 0 spiro atoms. The van der Waals surface area contributed by atoms with Crippen LogP contribution in [0.3, 0.4) is 0 Å². The summed E-state index contributed by atoms with van der Waals surface area (Å²) >= 11 is 0. The number of ether oxygens (including phenoxy) is 2. The van der Waals surface area contributed by atoms with E-state index in [2.05, 4.69) is 81.6 Å². The molecule has 0 aromatic heterocycles. The largest absolute Gasteiger partial charge is 0.547 e. The normalized spacial score (nSPS) is 30.6. The van der Waals surface area contributed by atoms with Gasteiger partial charge in [0.2, 0.25) is 8.32 Å². The summed E-state index contributed by atoms with van der Waals surface area (Å²) in [6.45, 7) is 29.7. The molecule has 3 atom stereocenters. The van der Waals surface area contributed by atoms with Crippen molar-refractivity contribution in [2.24, 2.45) is 11.3 Å². The van der Waals surface area contributed by atoms with Crippen LogP contribution in [0.1, 0.15) is 93.9 Å². The van der Waals surface area contributed by atoms with Crippen molar-refractivity contribution >= 4 is 16.6 Å². The van der Waals surface area contributed by atoms with Crippen LogP contribution in [0.4, 0.5) is 0 Å². The standard InChI is InChI=1S/C28H54O4Si2/c1-25(2,3)33(9,10)31-23-16-17-27(7)22(21(23)15-18-28(8)29-19-20-30-28)13-14-24(27)32-34(11,12)26(4,5)6/h22,24H,13-20H2,1-12H3/t22?,24-,27-/m0/s1. The fourth-order valence-electron chi connectivity index (χ4n) is 5.53. The fourth-order valence-corrected chi connectivity index (χ4v) is 8.13. The molecular weight excluding hydrogens is 456 g/mol. The first-order valence-corrected chi connectivity index (χ1v) is 19.5. The van der Waals surface area contributed by atoms with Gasteiger partial charge in [0.1, 0.15) is 0 Å². The predicted octanol–water partition coefficient (Wildman–Crippen LogP) is 8.41. The summed E-state index contributed by atoms with van der Waals surface area (Å²) in [6, 6.07) is 0. The van der Waals surface area contributed by atoms with Gasteiger partial charge >= 0.3 is 0 Å². The lowest BCUT2D eigenvalue weighted by Crippen LogP contribution is -2.49. The van der Waals surface area contributed by atoms with Crippen LogP contribution in [0.2, 0.25) is 36.3 Å². The first-order valence-electron chi connectivity index (χ1n) is 13.7. The lowest BCUT2D eigenvalue weighted by molar-refractivity contribution is -0.146. The highest BCUT2D eigenvalue weighted by atomic mass is 28.4. The van der Waals surface area contributed by atoms with Gasteiger partial charge in [-0.05, 0) is 85.8 Å². The smallest absolute Gasteiger partial charge is 0.250 e. The Balaban J connectivity index is 1.91. The zero-order valence-corrected chi connectivity index (χ0v) is 26.4. The number of fused-ring (bicyclic) bond motifs is 1. The Bertz CT molecular complexity index is 768. The highest BCUT2D eigenvalue weighted by Gasteiger charge is 2.54. The van der Waals surface area contributed by atoms with Crippen LogP contribution in [0.5, 0.6) is 0 Å². The molecule has 0 amide bonds. The Morgan fingerprint density at radius 1 is 0.882 bits per heavy atom. The minimum Gasteiger partial charge on any atom is -0.547 e. The molecule has 6 heteroatoms. The summed E-state index contributed by atoms with van der Waals surface area (Å²) in [6.07, 6.45) is 6.79. The summed E-state index contributed by atoms with van der Waals surface area (Å²) < 4.78 is 26.1. The number of allylic oxidation sites excluding steroid dienone is 2. The molecule has 0 aromatic carbocycles. The van der Waals surface area contributed by atoms with Crippen LogP contribution >= 0.6 is 0 Å². The third kappa shape index (κ3) is 5.56. The van der Waals surface area contributed by atoms with Crippen LogP contribution in [0.15, 0.2) is 11.3 Å². The quantitative estimate of drug-likeness (QED) is 0.322. The second-order valence-electron chi connectivity index (χ2n) is 14.6. The van der Waals surface area contributed by atoms with Gasteiger partial charge in [-0.1, -0.05) is 48.5 Å². The molecule has 0 aromatic rings. The molecule has 1 unspecified atom stereocenters. The molecule has 3 aliphatic rings. The van der Waals surface area contributed by atoms with Gasteiger partial charge in [0, 0.05) is 12.8 Å². The molecule has 2 aliphatic carbocycles. The zero-order valence-electron chi connectivity index (χ0n) is 24.4. The highest BCUT2D eigenvalue weighted by molar-refractivity contribution is 6.74. The Labute approximate surface area is 212 Å². The zero-order chi connectivity index (χ0) is 25.8. The van der Waals surface area contributed by atoms with Crippen LogP contribution in [0, 0.1) is 11.3 Å². The van der Waals surface area contributed by atoms with Crippen molar-refractivity contribution in [2.75, 3.05) is 13.2 Å². The highest BCUT2D eigenvalue weighted by Crippen LogP contribution is 2.58. The van der Waals surface area contributed by atoms with Gasteiger partial charge in [-0.25, -0.2) is 0 Å². The van der Waals surface area contributed by atoms with Crippen molar-refractivity contribution in [3.63, 3.8) is 0 Å². The number of hydrogen-bond donors (Lipinski definition) is 0. The van der Waals surface area contributed by atoms with Gasteiger partial charge < -0.3 is 18.3 Å². The van der Waals surface area contributed by atoms with Crippen molar-refractivity contribution in [3.05, 3.63) is 11.3 Å². The molecule has 198 valence electrons. The van der Waals surface area contributed by atoms with Gasteiger partial charge in [-0.2, -0.15) is 0 Å². The summed E-state index contributed by atoms with van der Waals surface area (Å²) in [5, 5.41) is 0.427. The van der Waals surface area contributed by atoms with Crippen LogP contribution in [0.25, 0.3) is 0 Å². The minimum absolute atomic E-state index is 0.184. The maximum atomic E-state index is 7.11. The molecule has 0 N–H and O–H groups in total. The molecule has 34 heavy (non-hydrogen) atoms. The minimum atomic E-state index is -1.91. The SMILES string of the molecule is CC1(CCC2=C(O[Si](C)(C)C(C)(C)C)CC[C@@]3(C)C2CC[C@@H]3O[Si](C)(C)C(C)(C)C)OCCO1. The first-order chi connectivity index (χ1) is 15.3. The van der Waals surface area contributed by atoms with Crippen molar-refractivity contribution in [3.8, 4) is 0 Å². The predicted molar refractivity (Wildman–Crippen MR) is 147 cm³/mol. The molecule has 3 rings (SSSR count). The molecule has 1 aliphatic heterocycles. The monoisotopic (exact) mass is 510 g/mol. The summed E-state index contributed by atoms with van der Waals surface area (Å²) in [5.41, 5.74) is 1.73. The van der Waals surface area contributed by atoms with E-state index in [1.165, 1.54) is 12.2 Å². The lowest BCUT2D eigenvalue weighted by atomic mass is 9.66. The molecule has 4 nitrogen and oxygen atoms in total. The third-order valence-electron chi connectivity index (χ3n) is 10.1. The van der Waals surface area contributed by atoms with Gasteiger partial charge in [0.15, 0.2) is 14.1 Å². The molecule has 2 fully saturated rings. The second-order valence-corrected chi connectivity index (χ2v) is 24.1. The molecule has 1 saturated heterocycles. The average molecular weight is 511 g/mol. The third-order valence-corrected chi connectivity index (χ3v) is 18.9. The van der Waals surface area contributed by atoms with Crippen molar-refractivity contribution < 1.29 is 18.3 Å². The van der Waals surface area contributed by atoms with Crippen molar-refractivity contribution in [1.29, 1.82) is 0 Å². The van der Waals surface area contributed by atoms with Crippen molar-refractivity contribution in [1.82, 2.24) is 0 Å². The van der Waals surface area contributed by atoms with E-state index in [-0.39, 0.29) is 15.5 Å². The van der Waals surface area contributed by atoms with E-state index < -0.39 is 22.4 Å². The fraction of sp³-hybridized carbons (Fsp3) is 0.929. The van der Waals surface area contributed by atoms with E-state index in [1.54, 1.807) is 5.57 Å². The van der Waals surface area contributed by atoms with Crippen molar-refractivity contribution in [2.45, 2.75) is 142 Å². The maximum absolute atomic E-state index is 7.11. The molecule has 1 heterocycles. The molecular formula is C28H54O4Si2. The Kier molecular flexibility index (Phi) is 7.78. The van der Waals surface area contributed by atoms with Gasteiger partial charge in [-0.15, -0.1) is 0 Å². The van der Waals surface area contributed by atoms with Gasteiger partial charge in [0.25, 0.3) is 0 Å². The average Bonchev–Trinajstić information content (AvgIpc) is 3.23. The van der Waals surface area contributed by atoms with E-state index >= 15 is 0 Å². The van der Waals surface area contributed by atoms with E-state index in [1.807, 2.05) is 0 Å². The topological polar surface area (TPSA) is 36.9 Å². The summed E-state index contributed by atoms with van der Waals surface area (Å²) in [4.78, 5) is 0. The molecule has 1 saturated carbocycles. The summed E-state index contributed by atoms with van der Waals surface area (Å²) in [5.74, 6) is 1.36. The van der Waals surface area contributed by atoms with Gasteiger partial charge in [-0.3, -0.25) is 0 Å². The van der Waals surface area contributed by atoms with Crippen LogP contribution < -0.4 is 0 Å². The van der Waals surface area contributed by atoms with E-state index in [0.29, 0.717) is 25.2 Å². The van der Waals surface area contributed by atoms with Crippen LogP contribution in [-0.2, 0) is 18.3 Å². The van der Waals surface area contributed by atoms with E-state index in [0.717, 1.165) is 32.1 Å².